The van der Waals surface area contributed by atoms with Crippen LogP contribution in [0.25, 0.3) is 11.0 Å². The standard InChI is InChI=1S/C16H19Cl2FN2/c1-10-3-2-4-11(5-10)9-21-15-7-13(19)12(18)6-14(15)20-16(21)8-17/h6-7,10-11H,2-5,8-9H2,1H3. The van der Waals surface area contributed by atoms with Gasteiger partial charge < -0.3 is 4.57 Å². The quantitative estimate of drug-likeness (QED) is 0.690. The molecule has 1 heterocycles. The lowest BCUT2D eigenvalue weighted by molar-refractivity contribution is 0.257. The Morgan fingerprint density at radius 2 is 2.19 bits per heavy atom. The summed E-state index contributed by atoms with van der Waals surface area (Å²) < 4.78 is 15.9. The van der Waals surface area contributed by atoms with Crippen LogP contribution in [-0.4, -0.2) is 9.55 Å². The highest BCUT2D eigenvalue weighted by atomic mass is 35.5. The normalized spacial score (nSPS) is 22.9. The zero-order valence-electron chi connectivity index (χ0n) is 12.1. The molecule has 1 aliphatic rings. The van der Waals surface area contributed by atoms with Gasteiger partial charge in [0.1, 0.15) is 11.6 Å². The maximum atomic E-state index is 13.8. The Labute approximate surface area is 134 Å². The van der Waals surface area contributed by atoms with Gasteiger partial charge in [-0.25, -0.2) is 9.37 Å². The maximum Gasteiger partial charge on any atom is 0.144 e. The number of nitrogens with zero attached hydrogens (tertiary/aromatic N) is 2. The van der Waals surface area contributed by atoms with Gasteiger partial charge in [-0.3, -0.25) is 0 Å². The van der Waals surface area contributed by atoms with Gasteiger partial charge in [0.2, 0.25) is 0 Å². The fraction of sp³-hybridized carbons (Fsp3) is 0.562. The molecule has 0 saturated heterocycles. The summed E-state index contributed by atoms with van der Waals surface area (Å²) in [6.45, 7) is 3.17. The van der Waals surface area contributed by atoms with Crippen molar-refractivity contribution in [2.45, 2.75) is 45.0 Å². The summed E-state index contributed by atoms with van der Waals surface area (Å²) in [4.78, 5) is 4.50. The number of hydrogen-bond acceptors (Lipinski definition) is 1. The first-order chi connectivity index (χ1) is 10.1. The van der Waals surface area contributed by atoms with Crippen LogP contribution in [0.1, 0.15) is 38.4 Å². The van der Waals surface area contributed by atoms with E-state index in [4.69, 9.17) is 23.2 Å². The SMILES string of the molecule is CC1CCCC(Cn2c(CCl)nc3cc(Cl)c(F)cc32)C1. The Morgan fingerprint density at radius 1 is 1.38 bits per heavy atom. The van der Waals surface area contributed by atoms with E-state index < -0.39 is 5.82 Å². The highest BCUT2D eigenvalue weighted by molar-refractivity contribution is 6.31. The molecule has 1 aliphatic carbocycles. The number of halogens is 3. The molecule has 2 unspecified atom stereocenters. The molecule has 1 aromatic carbocycles. The molecule has 0 bridgehead atoms. The van der Waals surface area contributed by atoms with E-state index in [0.29, 0.717) is 11.8 Å². The molecule has 2 aromatic rings. The first-order valence-corrected chi connectivity index (χ1v) is 8.40. The number of benzene rings is 1. The van der Waals surface area contributed by atoms with Gasteiger partial charge in [-0.05, 0) is 30.7 Å². The lowest BCUT2D eigenvalue weighted by atomic mass is 9.82. The Bertz CT molecular complexity index is 653. The molecule has 0 spiro atoms. The van der Waals surface area contributed by atoms with Crippen LogP contribution < -0.4 is 0 Å². The van der Waals surface area contributed by atoms with Crippen LogP contribution >= 0.6 is 23.2 Å². The molecule has 21 heavy (non-hydrogen) atoms. The molecule has 3 rings (SSSR count). The van der Waals surface area contributed by atoms with Crippen molar-refractivity contribution in [3.63, 3.8) is 0 Å². The molecule has 0 radical (unpaired) electrons. The molecule has 1 fully saturated rings. The van der Waals surface area contributed by atoms with Gasteiger partial charge >= 0.3 is 0 Å². The van der Waals surface area contributed by atoms with Gasteiger partial charge in [0.25, 0.3) is 0 Å². The highest BCUT2D eigenvalue weighted by Crippen LogP contribution is 2.32. The molecule has 0 aliphatic heterocycles. The molecule has 1 aromatic heterocycles. The van der Waals surface area contributed by atoms with Crippen molar-refractivity contribution in [2.24, 2.45) is 11.8 Å². The van der Waals surface area contributed by atoms with E-state index in [1.807, 2.05) is 0 Å². The van der Waals surface area contributed by atoms with Crippen LogP contribution in [0.5, 0.6) is 0 Å². The molecule has 0 N–H and O–H groups in total. The molecule has 5 heteroatoms. The van der Waals surface area contributed by atoms with E-state index in [1.165, 1.54) is 31.7 Å². The lowest BCUT2D eigenvalue weighted by Gasteiger charge is -2.27. The van der Waals surface area contributed by atoms with Crippen molar-refractivity contribution in [2.75, 3.05) is 0 Å². The second-order valence-electron chi connectivity index (χ2n) is 6.17. The van der Waals surface area contributed by atoms with Crippen molar-refractivity contribution in [1.29, 1.82) is 0 Å². The van der Waals surface area contributed by atoms with Crippen LogP contribution in [0.2, 0.25) is 5.02 Å². The van der Waals surface area contributed by atoms with Gasteiger partial charge in [-0.2, -0.15) is 0 Å². The number of hydrogen-bond donors (Lipinski definition) is 0. The molecule has 2 atom stereocenters. The number of alkyl halides is 1. The summed E-state index contributed by atoms with van der Waals surface area (Å²) in [5, 5.41) is 0.111. The van der Waals surface area contributed by atoms with Crippen LogP contribution in [-0.2, 0) is 12.4 Å². The summed E-state index contributed by atoms with van der Waals surface area (Å²) in [7, 11) is 0. The van der Waals surface area contributed by atoms with E-state index in [0.717, 1.165) is 29.3 Å². The summed E-state index contributed by atoms with van der Waals surface area (Å²) >= 11 is 11.9. The zero-order valence-corrected chi connectivity index (χ0v) is 13.6. The molecule has 0 amide bonds. The van der Waals surface area contributed by atoms with Crippen LogP contribution in [0, 0.1) is 17.7 Å². The first-order valence-electron chi connectivity index (χ1n) is 7.48. The third-order valence-electron chi connectivity index (χ3n) is 4.47. The van der Waals surface area contributed by atoms with Crippen molar-refractivity contribution < 1.29 is 4.39 Å². The summed E-state index contributed by atoms with van der Waals surface area (Å²) in [6.07, 6.45) is 5.03. The third-order valence-corrected chi connectivity index (χ3v) is 5.00. The van der Waals surface area contributed by atoms with E-state index in [9.17, 15) is 4.39 Å². The van der Waals surface area contributed by atoms with E-state index in [2.05, 4.69) is 16.5 Å². The van der Waals surface area contributed by atoms with Crippen molar-refractivity contribution in [1.82, 2.24) is 9.55 Å². The van der Waals surface area contributed by atoms with Crippen LogP contribution in [0.15, 0.2) is 12.1 Å². The fourth-order valence-corrected chi connectivity index (χ4v) is 3.82. The summed E-state index contributed by atoms with van der Waals surface area (Å²) in [5.74, 6) is 2.11. The topological polar surface area (TPSA) is 17.8 Å². The average molecular weight is 329 g/mol. The largest absolute Gasteiger partial charge is 0.327 e. The van der Waals surface area contributed by atoms with Gasteiger partial charge in [0.05, 0.1) is 21.9 Å². The number of rotatable bonds is 3. The Hall–Kier alpha value is -0.800. The Kier molecular flexibility index (Phi) is 4.41. The average Bonchev–Trinajstić information content (AvgIpc) is 2.77. The Morgan fingerprint density at radius 3 is 2.90 bits per heavy atom. The van der Waals surface area contributed by atoms with E-state index in [1.54, 1.807) is 6.07 Å². The maximum absolute atomic E-state index is 13.8. The molecule has 1 saturated carbocycles. The number of fused-ring (bicyclic) bond motifs is 1. The fourth-order valence-electron chi connectivity index (χ4n) is 3.46. The van der Waals surface area contributed by atoms with Gasteiger partial charge in [-0.15, -0.1) is 11.6 Å². The molecule has 114 valence electrons. The smallest absolute Gasteiger partial charge is 0.144 e. The molecule has 2 nitrogen and oxygen atoms in total. The van der Waals surface area contributed by atoms with E-state index in [-0.39, 0.29) is 5.02 Å². The van der Waals surface area contributed by atoms with Gasteiger partial charge in [-0.1, -0.05) is 31.4 Å². The Balaban J connectivity index is 1.97. The number of aromatic nitrogens is 2. The minimum absolute atomic E-state index is 0.111. The van der Waals surface area contributed by atoms with Crippen LogP contribution in [0.3, 0.4) is 0 Å². The third kappa shape index (κ3) is 3.04. The van der Waals surface area contributed by atoms with Crippen molar-refractivity contribution in [3.8, 4) is 0 Å². The van der Waals surface area contributed by atoms with E-state index >= 15 is 0 Å². The molecular weight excluding hydrogens is 310 g/mol. The van der Waals surface area contributed by atoms with Gasteiger partial charge in [0.15, 0.2) is 0 Å². The van der Waals surface area contributed by atoms with Crippen molar-refractivity contribution in [3.05, 3.63) is 28.8 Å². The number of imidazole rings is 1. The minimum Gasteiger partial charge on any atom is -0.327 e. The zero-order chi connectivity index (χ0) is 15.0. The highest BCUT2D eigenvalue weighted by Gasteiger charge is 2.22. The van der Waals surface area contributed by atoms with Crippen LogP contribution in [0.4, 0.5) is 4.39 Å². The first kappa shape index (κ1) is 15.1. The second-order valence-corrected chi connectivity index (χ2v) is 6.84. The van der Waals surface area contributed by atoms with Crippen molar-refractivity contribution >= 4 is 34.2 Å². The minimum atomic E-state index is -0.400. The summed E-state index contributed by atoms with van der Waals surface area (Å²) in [5.41, 5.74) is 1.52. The lowest BCUT2D eigenvalue weighted by Crippen LogP contribution is -2.19. The second kappa shape index (κ2) is 6.13. The predicted octanol–water partition coefficient (Wildman–Crippen LogP) is 5.39. The van der Waals surface area contributed by atoms with Gasteiger partial charge in [0, 0.05) is 12.6 Å². The monoisotopic (exact) mass is 328 g/mol. The predicted molar refractivity (Wildman–Crippen MR) is 85.4 cm³/mol. The molecular formula is C16H19Cl2FN2. The summed E-state index contributed by atoms with van der Waals surface area (Å²) in [6, 6.07) is 3.06.